The monoisotopic (exact) mass is 332 g/mol. The van der Waals surface area contributed by atoms with E-state index in [1.165, 1.54) is 21.0 Å². The van der Waals surface area contributed by atoms with E-state index >= 15 is 0 Å². The molecular formula is C13H20N2O6S. The van der Waals surface area contributed by atoms with Crippen molar-refractivity contribution < 1.29 is 27.5 Å². The van der Waals surface area contributed by atoms with Gasteiger partial charge in [0, 0.05) is 26.2 Å². The number of amides is 1. The summed E-state index contributed by atoms with van der Waals surface area (Å²) in [7, 11) is -1.11. The number of carboxylic acids is 1. The maximum atomic E-state index is 12.4. The zero-order chi connectivity index (χ0) is 17.2. The molecule has 1 aromatic rings. The highest BCUT2D eigenvalue weighted by atomic mass is 32.2. The van der Waals surface area contributed by atoms with Crippen LogP contribution in [0.2, 0.25) is 0 Å². The molecule has 0 bridgehead atoms. The van der Waals surface area contributed by atoms with Gasteiger partial charge in [0.2, 0.25) is 5.09 Å². The predicted molar refractivity (Wildman–Crippen MR) is 78.1 cm³/mol. The first-order valence-electron chi connectivity index (χ1n) is 6.54. The third-order valence-electron chi connectivity index (χ3n) is 3.05. The molecule has 0 fully saturated rings. The largest absolute Gasteiger partial charge is 0.480 e. The van der Waals surface area contributed by atoms with Gasteiger partial charge in [0.15, 0.2) is 0 Å². The van der Waals surface area contributed by atoms with E-state index in [1.54, 1.807) is 13.8 Å². The van der Waals surface area contributed by atoms with Gasteiger partial charge < -0.3 is 14.4 Å². The van der Waals surface area contributed by atoms with Crippen molar-refractivity contribution in [2.75, 3.05) is 20.6 Å². The van der Waals surface area contributed by atoms with E-state index in [-0.39, 0.29) is 22.5 Å². The Morgan fingerprint density at radius 3 is 2.27 bits per heavy atom. The predicted octanol–water partition coefficient (Wildman–Crippen LogP) is 0.774. The molecule has 0 spiro atoms. The van der Waals surface area contributed by atoms with Gasteiger partial charge in [-0.15, -0.1) is 0 Å². The molecule has 0 atom stereocenters. The quantitative estimate of drug-likeness (QED) is 0.824. The van der Waals surface area contributed by atoms with Crippen LogP contribution in [-0.2, 0) is 14.8 Å². The Hall–Kier alpha value is -1.87. The van der Waals surface area contributed by atoms with Crippen molar-refractivity contribution in [3.05, 3.63) is 17.4 Å². The van der Waals surface area contributed by atoms with E-state index < -0.39 is 28.4 Å². The van der Waals surface area contributed by atoms with Crippen molar-refractivity contribution in [2.24, 2.45) is 0 Å². The molecule has 9 heteroatoms. The van der Waals surface area contributed by atoms with Gasteiger partial charge in [0.05, 0.1) is 5.56 Å². The summed E-state index contributed by atoms with van der Waals surface area (Å²) in [6.45, 7) is 4.33. The molecule has 0 aliphatic rings. The van der Waals surface area contributed by atoms with Gasteiger partial charge >= 0.3 is 5.97 Å². The Kier molecular flexibility index (Phi) is 5.36. The minimum Gasteiger partial charge on any atom is -0.480 e. The number of carbonyl (C=O) groups is 2. The summed E-state index contributed by atoms with van der Waals surface area (Å²) < 4.78 is 30.2. The number of nitrogens with zero attached hydrogens (tertiary/aromatic N) is 2. The number of sulfonamides is 1. The van der Waals surface area contributed by atoms with Crippen LogP contribution in [0.1, 0.15) is 30.0 Å². The van der Waals surface area contributed by atoms with Crippen molar-refractivity contribution in [3.8, 4) is 0 Å². The lowest BCUT2D eigenvalue weighted by molar-refractivity contribution is -0.138. The minimum atomic E-state index is -3.80. The molecule has 22 heavy (non-hydrogen) atoms. The van der Waals surface area contributed by atoms with Crippen molar-refractivity contribution in [1.29, 1.82) is 0 Å². The Bertz CT molecular complexity index is 675. The standard InChI is InChI=1S/C13H20N2O6S/c1-8(2)15(7-11(16)17)13(18)10-6-12(21-9(10)3)22(19,20)14(4)5/h6,8H,7H2,1-5H3,(H,16,17). The Labute approximate surface area is 129 Å². The lowest BCUT2D eigenvalue weighted by atomic mass is 10.2. The van der Waals surface area contributed by atoms with Gasteiger partial charge in [-0.05, 0) is 20.8 Å². The molecular weight excluding hydrogens is 312 g/mol. The number of hydrogen-bond donors (Lipinski definition) is 1. The fourth-order valence-electron chi connectivity index (χ4n) is 1.76. The zero-order valence-electron chi connectivity index (χ0n) is 13.2. The number of carbonyl (C=O) groups excluding carboxylic acids is 1. The zero-order valence-corrected chi connectivity index (χ0v) is 14.0. The molecule has 1 aromatic heterocycles. The van der Waals surface area contributed by atoms with Crippen LogP contribution >= 0.6 is 0 Å². The molecule has 1 amide bonds. The number of hydrogen-bond acceptors (Lipinski definition) is 5. The van der Waals surface area contributed by atoms with Crippen molar-refractivity contribution in [1.82, 2.24) is 9.21 Å². The molecule has 0 radical (unpaired) electrons. The second-order valence-corrected chi connectivity index (χ2v) is 7.33. The van der Waals surface area contributed by atoms with E-state index in [9.17, 15) is 18.0 Å². The van der Waals surface area contributed by atoms with Crippen LogP contribution in [0.3, 0.4) is 0 Å². The maximum Gasteiger partial charge on any atom is 0.323 e. The van der Waals surface area contributed by atoms with Crippen LogP contribution in [-0.4, -0.2) is 61.3 Å². The molecule has 0 saturated carbocycles. The molecule has 8 nitrogen and oxygen atoms in total. The van der Waals surface area contributed by atoms with E-state index in [2.05, 4.69) is 0 Å². The third-order valence-corrected chi connectivity index (χ3v) is 4.72. The number of aliphatic carboxylic acids is 1. The van der Waals surface area contributed by atoms with Crippen LogP contribution < -0.4 is 0 Å². The highest BCUT2D eigenvalue weighted by Gasteiger charge is 2.29. The third kappa shape index (κ3) is 3.66. The fourth-order valence-corrected chi connectivity index (χ4v) is 2.62. The van der Waals surface area contributed by atoms with Gasteiger partial charge in [-0.2, -0.15) is 0 Å². The van der Waals surface area contributed by atoms with Gasteiger partial charge in [-0.3, -0.25) is 9.59 Å². The summed E-state index contributed by atoms with van der Waals surface area (Å²) in [4.78, 5) is 24.4. The summed E-state index contributed by atoms with van der Waals surface area (Å²) in [5.41, 5.74) is 0.0374. The summed E-state index contributed by atoms with van der Waals surface area (Å²) in [5, 5.41) is 8.54. The summed E-state index contributed by atoms with van der Waals surface area (Å²) >= 11 is 0. The average Bonchev–Trinajstić information content (AvgIpc) is 2.77. The highest BCUT2D eigenvalue weighted by Crippen LogP contribution is 2.23. The van der Waals surface area contributed by atoms with Crippen molar-refractivity contribution in [2.45, 2.75) is 31.9 Å². The van der Waals surface area contributed by atoms with Gasteiger partial charge in [-0.1, -0.05) is 0 Å². The summed E-state index contributed by atoms with van der Waals surface area (Å²) in [6.07, 6.45) is 0. The molecule has 1 rings (SSSR count). The molecule has 0 unspecified atom stereocenters. The molecule has 1 heterocycles. The SMILES string of the molecule is Cc1oc(S(=O)(=O)N(C)C)cc1C(=O)N(CC(=O)O)C(C)C. The van der Waals surface area contributed by atoms with Gasteiger partial charge in [0.25, 0.3) is 15.9 Å². The van der Waals surface area contributed by atoms with E-state index in [0.29, 0.717) is 0 Å². The van der Waals surface area contributed by atoms with E-state index in [4.69, 9.17) is 9.52 Å². The first kappa shape index (κ1) is 18.2. The normalized spacial score (nSPS) is 12.0. The second-order valence-electron chi connectivity index (χ2n) is 5.24. The van der Waals surface area contributed by atoms with Gasteiger partial charge in [0.1, 0.15) is 12.3 Å². The van der Waals surface area contributed by atoms with Crippen LogP contribution in [0, 0.1) is 6.92 Å². The summed E-state index contributed by atoms with van der Waals surface area (Å²) in [5.74, 6) is -1.61. The Balaban J connectivity index is 3.25. The van der Waals surface area contributed by atoms with Crippen LogP contribution in [0.5, 0.6) is 0 Å². The molecule has 0 aliphatic carbocycles. The second kappa shape index (κ2) is 6.49. The smallest absolute Gasteiger partial charge is 0.323 e. The highest BCUT2D eigenvalue weighted by molar-refractivity contribution is 7.88. The molecule has 0 saturated heterocycles. The van der Waals surface area contributed by atoms with Gasteiger partial charge in [-0.25, -0.2) is 12.7 Å². The molecule has 1 N–H and O–H groups in total. The Morgan fingerprint density at radius 2 is 1.86 bits per heavy atom. The number of carboxylic acid groups (broad SMARTS) is 1. The summed E-state index contributed by atoms with van der Waals surface area (Å²) in [6, 6.07) is 0.774. The number of rotatable bonds is 6. The molecule has 0 aromatic carbocycles. The Morgan fingerprint density at radius 1 is 1.32 bits per heavy atom. The van der Waals surface area contributed by atoms with Crippen molar-refractivity contribution in [3.63, 3.8) is 0 Å². The van der Waals surface area contributed by atoms with Crippen LogP contribution in [0.4, 0.5) is 0 Å². The first-order valence-corrected chi connectivity index (χ1v) is 7.98. The van der Waals surface area contributed by atoms with Crippen LogP contribution in [0.15, 0.2) is 15.6 Å². The topological polar surface area (TPSA) is 108 Å². The number of aryl methyl sites for hydroxylation is 1. The minimum absolute atomic E-state index is 0.0374. The van der Waals surface area contributed by atoms with E-state index in [0.717, 1.165) is 15.3 Å². The number of furan rings is 1. The van der Waals surface area contributed by atoms with Crippen molar-refractivity contribution >= 4 is 21.9 Å². The maximum absolute atomic E-state index is 12.4. The van der Waals surface area contributed by atoms with E-state index in [1.807, 2.05) is 0 Å². The van der Waals surface area contributed by atoms with Crippen LogP contribution in [0.25, 0.3) is 0 Å². The molecule has 124 valence electrons. The average molecular weight is 332 g/mol. The lowest BCUT2D eigenvalue weighted by Gasteiger charge is -2.24. The molecule has 0 aliphatic heterocycles. The fraction of sp³-hybridized carbons (Fsp3) is 0.538. The lowest BCUT2D eigenvalue weighted by Crippen LogP contribution is -2.40. The first-order chi connectivity index (χ1) is 9.98.